The van der Waals surface area contributed by atoms with Gasteiger partial charge in [0.15, 0.2) is 5.12 Å². The van der Waals surface area contributed by atoms with Crippen LogP contribution in [-0.4, -0.2) is 43.8 Å². The van der Waals surface area contributed by atoms with E-state index < -0.39 is 6.04 Å². The van der Waals surface area contributed by atoms with Crippen molar-refractivity contribution < 1.29 is 19.4 Å². The number of imidazole rings is 1. The number of hydrogen-bond acceptors (Lipinski definition) is 7. The Labute approximate surface area is 145 Å². The van der Waals surface area contributed by atoms with Crippen LogP contribution in [0.4, 0.5) is 0 Å². The summed E-state index contributed by atoms with van der Waals surface area (Å²) in [6, 6.07) is -0.442. The first-order chi connectivity index (χ1) is 11.5. The van der Waals surface area contributed by atoms with Crippen molar-refractivity contribution in [3.63, 3.8) is 0 Å². The molecule has 1 aromatic rings. The van der Waals surface area contributed by atoms with E-state index in [-0.39, 0.29) is 35.6 Å². The van der Waals surface area contributed by atoms with Gasteiger partial charge < -0.3 is 14.4 Å². The highest BCUT2D eigenvalue weighted by molar-refractivity contribution is 8.14. The molecule has 3 atom stereocenters. The van der Waals surface area contributed by atoms with E-state index in [1.165, 1.54) is 24.8 Å². The lowest BCUT2D eigenvalue weighted by molar-refractivity contribution is -0.145. The van der Waals surface area contributed by atoms with Gasteiger partial charge in [-0.25, -0.2) is 4.98 Å². The summed E-state index contributed by atoms with van der Waals surface area (Å²) in [5, 5.41) is 12.4. The van der Waals surface area contributed by atoms with Crippen LogP contribution in [0, 0.1) is 5.92 Å². The highest BCUT2D eigenvalue weighted by Crippen LogP contribution is 2.31. The second-order valence-electron chi connectivity index (χ2n) is 5.68. The molecule has 0 saturated carbocycles. The number of carbonyl (C=O) groups is 2. The van der Waals surface area contributed by atoms with Gasteiger partial charge in [0.1, 0.15) is 12.6 Å². The minimum Gasteiger partial charge on any atom is -0.460 e. The quantitative estimate of drug-likeness (QED) is 0.533. The first kappa shape index (κ1) is 18.7. The average Bonchev–Trinajstić information content (AvgIpc) is 3.16. The van der Waals surface area contributed by atoms with E-state index in [0.717, 1.165) is 12.1 Å². The van der Waals surface area contributed by atoms with E-state index in [9.17, 15) is 14.7 Å². The maximum atomic E-state index is 12.2. The van der Waals surface area contributed by atoms with E-state index >= 15 is 0 Å². The molecule has 8 heteroatoms. The third-order valence-corrected chi connectivity index (χ3v) is 4.91. The molecule has 2 heterocycles. The topological polar surface area (TPSA) is 93.5 Å². The number of aliphatic hydroxyl groups excluding tert-OH is 1. The molecule has 1 aromatic heterocycles. The summed E-state index contributed by atoms with van der Waals surface area (Å²) in [4.78, 5) is 27.6. The maximum Gasteiger partial charge on any atom is 0.323 e. The zero-order valence-corrected chi connectivity index (χ0v) is 14.5. The van der Waals surface area contributed by atoms with Gasteiger partial charge in [0.05, 0.1) is 30.2 Å². The van der Waals surface area contributed by atoms with E-state index in [1.54, 1.807) is 12.5 Å². The first-order valence-electron chi connectivity index (χ1n) is 7.85. The van der Waals surface area contributed by atoms with Gasteiger partial charge in [-0.1, -0.05) is 24.4 Å². The molecular weight excluding hydrogens is 330 g/mol. The van der Waals surface area contributed by atoms with Gasteiger partial charge in [-0.05, 0) is 18.8 Å². The van der Waals surface area contributed by atoms with Crippen molar-refractivity contribution in [3.05, 3.63) is 30.9 Å². The fourth-order valence-corrected chi connectivity index (χ4v) is 3.82. The second kappa shape index (κ2) is 9.00. The third-order valence-electron chi connectivity index (χ3n) is 3.96. The Morgan fingerprint density at radius 2 is 2.42 bits per heavy atom. The number of hydrogen-bond donors (Lipinski definition) is 2. The normalized spacial score (nSPS) is 23.2. The summed E-state index contributed by atoms with van der Waals surface area (Å²) in [6.07, 6.45) is 6.25. The largest absolute Gasteiger partial charge is 0.460 e. The highest BCUT2D eigenvalue weighted by Gasteiger charge is 2.39. The van der Waals surface area contributed by atoms with Crippen LogP contribution in [0.2, 0.25) is 0 Å². The van der Waals surface area contributed by atoms with Crippen molar-refractivity contribution in [2.75, 3.05) is 6.61 Å². The van der Waals surface area contributed by atoms with Gasteiger partial charge >= 0.3 is 5.97 Å². The molecule has 3 unspecified atom stereocenters. The van der Waals surface area contributed by atoms with Gasteiger partial charge in [0, 0.05) is 13.5 Å². The monoisotopic (exact) mass is 353 g/mol. The van der Waals surface area contributed by atoms with Crippen molar-refractivity contribution in [1.29, 1.82) is 0 Å². The molecule has 0 amide bonds. The number of ether oxygens (including phenoxy) is 1. The lowest BCUT2D eigenvalue weighted by Crippen LogP contribution is -2.39. The zero-order valence-electron chi connectivity index (χ0n) is 13.7. The minimum absolute atomic E-state index is 0.0172. The number of aliphatic hydroxyl groups is 1. The molecule has 2 N–H and O–H groups in total. The van der Waals surface area contributed by atoms with Crippen molar-refractivity contribution in [2.24, 2.45) is 5.92 Å². The third kappa shape index (κ3) is 4.93. The fraction of sp³-hybridized carbons (Fsp3) is 0.562. The Morgan fingerprint density at radius 1 is 1.62 bits per heavy atom. The lowest BCUT2D eigenvalue weighted by Gasteiger charge is -2.18. The Kier molecular flexibility index (Phi) is 7.01. The molecular formula is C16H23N3O4S. The summed E-state index contributed by atoms with van der Waals surface area (Å²) in [7, 11) is 0. The van der Waals surface area contributed by atoms with Crippen molar-refractivity contribution >= 4 is 22.8 Å². The standard InChI is InChI=1S/C16H23N3O4S/c1-3-6-23-16(22)15-12(7-14(18-15)24-11(2)21)4-5-19-10-17-8-13(19)9-20/h3,8,10,12,14-15,18,20H,1,4-7,9H2,2H3. The number of rotatable bonds is 8. The van der Waals surface area contributed by atoms with Crippen LogP contribution in [0.1, 0.15) is 25.5 Å². The number of aryl methyl sites for hydroxylation is 1. The zero-order chi connectivity index (χ0) is 17.5. The predicted octanol–water partition coefficient (Wildman–Crippen LogP) is 1.08. The summed E-state index contributed by atoms with van der Waals surface area (Å²) in [5.41, 5.74) is 0.737. The smallest absolute Gasteiger partial charge is 0.323 e. The van der Waals surface area contributed by atoms with Gasteiger partial charge in [0.25, 0.3) is 0 Å². The number of esters is 1. The Hall–Kier alpha value is -1.64. The summed E-state index contributed by atoms with van der Waals surface area (Å²) < 4.78 is 7.04. The van der Waals surface area contributed by atoms with Crippen molar-refractivity contribution in [2.45, 2.75) is 44.3 Å². The Bertz CT molecular complexity index is 590. The van der Waals surface area contributed by atoms with Crippen LogP contribution in [-0.2, 0) is 27.5 Å². The second-order valence-corrected chi connectivity index (χ2v) is 7.06. The molecule has 0 aromatic carbocycles. The minimum atomic E-state index is -0.442. The van der Waals surface area contributed by atoms with Crippen LogP contribution in [0.5, 0.6) is 0 Å². The average molecular weight is 353 g/mol. The van der Waals surface area contributed by atoms with E-state index in [1.807, 2.05) is 4.57 Å². The highest BCUT2D eigenvalue weighted by atomic mass is 32.2. The Balaban J connectivity index is 2.00. The van der Waals surface area contributed by atoms with Crippen LogP contribution in [0.25, 0.3) is 0 Å². The van der Waals surface area contributed by atoms with Crippen molar-refractivity contribution in [1.82, 2.24) is 14.9 Å². The van der Waals surface area contributed by atoms with Crippen molar-refractivity contribution in [3.8, 4) is 0 Å². The summed E-state index contributed by atoms with van der Waals surface area (Å²) in [5.74, 6) is -0.271. The van der Waals surface area contributed by atoms with Crippen LogP contribution in [0.3, 0.4) is 0 Å². The molecule has 24 heavy (non-hydrogen) atoms. The number of thioether (sulfide) groups is 1. The molecule has 1 aliphatic heterocycles. The molecule has 1 aliphatic rings. The summed E-state index contributed by atoms with van der Waals surface area (Å²) >= 11 is 1.20. The molecule has 1 saturated heterocycles. The van der Waals surface area contributed by atoms with E-state index in [2.05, 4.69) is 16.9 Å². The predicted molar refractivity (Wildman–Crippen MR) is 91.0 cm³/mol. The molecule has 132 valence electrons. The molecule has 0 aliphatic carbocycles. The molecule has 0 spiro atoms. The molecule has 0 radical (unpaired) electrons. The number of aromatic nitrogens is 2. The van der Waals surface area contributed by atoms with Crippen LogP contribution >= 0.6 is 11.8 Å². The molecule has 1 fully saturated rings. The maximum absolute atomic E-state index is 12.2. The lowest BCUT2D eigenvalue weighted by atomic mass is 9.97. The van der Waals surface area contributed by atoms with Gasteiger partial charge in [-0.3, -0.25) is 14.9 Å². The number of nitrogens with zero attached hydrogens (tertiary/aromatic N) is 2. The van der Waals surface area contributed by atoms with Crippen LogP contribution < -0.4 is 5.32 Å². The van der Waals surface area contributed by atoms with E-state index in [4.69, 9.17) is 4.74 Å². The number of carbonyl (C=O) groups excluding carboxylic acids is 2. The van der Waals surface area contributed by atoms with Gasteiger partial charge in [-0.15, -0.1) is 0 Å². The number of nitrogens with one attached hydrogen (secondary N) is 1. The van der Waals surface area contributed by atoms with Gasteiger partial charge in [0.2, 0.25) is 0 Å². The molecule has 2 rings (SSSR count). The van der Waals surface area contributed by atoms with E-state index in [0.29, 0.717) is 13.0 Å². The Morgan fingerprint density at radius 3 is 3.08 bits per heavy atom. The first-order valence-corrected chi connectivity index (χ1v) is 8.73. The van der Waals surface area contributed by atoms with Crippen LogP contribution in [0.15, 0.2) is 25.2 Å². The fourth-order valence-electron chi connectivity index (χ4n) is 2.86. The summed E-state index contributed by atoms with van der Waals surface area (Å²) in [6.45, 7) is 5.80. The van der Waals surface area contributed by atoms with Gasteiger partial charge in [-0.2, -0.15) is 0 Å². The molecule has 7 nitrogen and oxygen atoms in total. The SMILES string of the molecule is C=CCOC(=O)C1NC(SC(C)=O)CC1CCn1cncc1CO. The molecule has 0 bridgehead atoms.